The predicted octanol–water partition coefficient (Wildman–Crippen LogP) is 1.50. The molecular formula is C18H22ClN5O5. The molecule has 0 unspecified atom stereocenters. The highest BCUT2D eigenvalue weighted by Crippen LogP contribution is 2.23. The van der Waals surface area contributed by atoms with Crippen LogP contribution in [0.3, 0.4) is 0 Å². The van der Waals surface area contributed by atoms with E-state index in [1.54, 1.807) is 20.1 Å². The second kappa shape index (κ2) is 8.66. The normalized spacial score (nSPS) is 19.1. The summed E-state index contributed by atoms with van der Waals surface area (Å²) in [4.78, 5) is 36.7. The first-order valence-electron chi connectivity index (χ1n) is 8.92. The Bertz CT molecular complexity index is 899. The molecule has 156 valence electrons. The molecule has 0 spiro atoms. The van der Waals surface area contributed by atoms with E-state index in [0.29, 0.717) is 36.0 Å². The minimum absolute atomic E-state index is 0.0247. The van der Waals surface area contributed by atoms with E-state index < -0.39 is 5.97 Å². The zero-order valence-electron chi connectivity index (χ0n) is 16.2. The molecule has 1 fully saturated rings. The average Bonchev–Trinajstić information content (AvgIpc) is 3.06. The van der Waals surface area contributed by atoms with Gasteiger partial charge >= 0.3 is 12.0 Å². The van der Waals surface area contributed by atoms with Crippen LogP contribution in [0.25, 0.3) is 0 Å². The lowest BCUT2D eigenvalue weighted by Gasteiger charge is -2.38. The number of carboxylic acid groups (broad SMARTS) is 1. The quantitative estimate of drug-likeness (QED) is 0.637. The van der Waals surface area contributed by atoms with Crippen molar-refractivity contribution in [2.45, 2.75) is 25.5 Å². The van der Waals surface area contributed by atoms with Gasteiger partial charge in [0.15, 0.2) is 5.69 Å². The first-order valence-corrected chi connectivity index (χ1v) is 9.30. The van der Waals surface area contributed by atoms with Crippen LogP contribution in [0.5, 0.6) is 6.01 Å². The van der Waals surface area contributed by atoms with Gasteiger partial charge in [-0.2, -0.15) is 9.97 Å². The lowest BCUT2D eigenvalue weighted by molar-refractivity contribution is 0.0538. The van der Waals surface area contributed by atoms with Crippen LogP contribution in [0, 0.1) is 6.92 Å². The minimum atomic E-state index is -1.17. The molecule has 1 aliphatic heterocycles. The number of nitrogens with one attached hydrogen (secondary N) is 2. The molecule has 0 aromatic carbocycles. The van der Waals surface area contributed by atoms with Gasteiger partial charge in [0, 0.05) is 32.0 Å². The predicted molar refractivity (Wildman–Crippen MR) is 105 cm³/mol. The lowest BCUT2D eigenvalue weighted by atomic mass is 10.0. The number of aromatic nitrogens is 3. The number of aromatic carboxylic acids is 1. The van der Waals surface area contributed by atoms with Gasteiger partial charge < -0.3 is 29.8 Å². The van der Waals surface area contributed by atoms with E-state index in [9.17, 15) is 14.7 Å². The molecule has 2 atom stereocenters. The average molecular weight is 424 g/mol. The molecule has 29 heavy (non-hydrogen) atoms. The van der Waals surface area contributed by atoms with Gasteiger partial charge in [0.25, 0.3) is 5.91 Å². The Labute approximate surface area is 172 Å². The molecule has 3 N–H and O–H groups in total. The summed E-state index contributed by atoms with van der Waals surface area (Å²) in [6.45, 7) is 2.73. The fraction of sp³-hybridized carbons (Fsp3) is 0.444. The Morgan fingerprint density at radius 2 is 2.10 bits per heavy atom. The molecule has 0 aliphatic carbocycles. The molecule has 3 rings (SSSR count). The van der Waals surface area contributed by atoms with Gasteiger partial charge in [0.05, 0.1) is 24.3 Å². The Morgan fingerprint density at radius 1 is 1.34 bits per heavy atom. The van der Waals surface area contributed by atoms with Crippen molar-refractivity contribution in [3.63, 3.8) is 0 Å². The van der Waals surface area contributed by atoms with Crippen molar-refractivity contribution in [1.82, 2.24) is 20.3 Å². The number of rotatable bonds is 6. The fourth-order valence-electron chi connectivity index (χ4n) is 3.21. The highest BCUT2D eigenvalue weighted by molar-refractivity contribution is 6.31. The summed E-state index contributed by atoms with van der Waals surface area (Å²) in [6, 6.07) is 2.72. The van der Waals surface area contributed by atoms with Crippen molar-refractivity contribution in [2.75, 3.05) is 32.2 Å². The third-order valence-corrected chi connectivity index (χ3v) is 5.18. The number of hydrogen-bond acceptors (Lipinski definition) is 7. The standard InChI is InChI=1S/C18H22ClN5O5/c1-9-10(19)6-12(20-9)16(25)21-11-4-5-24(8-14(11)28-2)15-7-13(17(26)27)22-18(23-15)29-3/h6-7,11,14,20H,4-5,8H2,1-3H3,(H,21,25)(H,26,27)/t11-,14+/m0/s1. The van der Waals surface area contributed by atoms with Crippen LogP contribution in [0.4, 0.5) is 5.82 Å². The van der Waals surface area contributed by atoms with Crippen LogP contribution in [0.1, 0.15) is 33.1 Å². The summed E-state index contributed by atoms with van der Waals surface area (Å²) in [5.74, 6) is -1.01. The van der Waals surface area contributed by atoms with E-state index in [-0.39, 0.29) is 29.8 Å². The molecular weight excluding hydrogens is 402 g/mol. The van der Waals surface area contributed by atoms with E-state index in [4.69, 9.17) is 21.1 Å². The molecule has 1 saturated heterocycles. The van der Waals surface area contributed by atoms with Crippen molar-refractivity contribution < 1.29 is 24.2 Å². The Hall–Kier alpha value is -2.85. The van der Waals surface area contributed by atoms with Gasteiger partial charge in [-0.15, -0.1) is 0 Å². The van der Waals surface area contributed by atoms with E-state index in [0.717, 1.165) is 5.69 Å². The van der Waals surface area contributed by atoms with Gasteiger partial charge in [-0.1, -0.05) is 11.6 Å². The molecule has 2 aromatic heterocycles. The van der Waals surface area contributed by atoms with Crippen LogP contribution >= 0.6 is 11.6 Å². The molecule has 11 heteroatoms. The van der Waals surface area contributed by atoms with Crippen molar-refractivity contribution in [3.05, 3.63) is 34.2 Å². The number of H-pyrrole nitrogens is 1. The first kappa shape index (κ1) is 20.9. The van der Waals surface area contributed by atoms with Crippen molar-refractivity contribution in [2.24, 2.45) is 0 Å². The van der Waals surface area contributed by atoms with Gasteiger partial charge in [0.2, 0.25) is 0 Å². The molecule has 2 aromatic rings. The highest BCUT2D eigenvalue weighted by atomic mass is 35.5. The summed E-state index contributed by atoms with van der Waals surface area (Å²) < 4.78 is 10.6. The molecule has 1 aliphatic rings. The number of carbonyl (C=O) groups is 2. The maximum absolute atomic E-state index is 12.5. The molecule has 0 radical (unpaired) electrons. The smallest absolute Gasteiger partial charge is 0.354 e. The van der Waals surface area contributed by atoms with Crippen LogP contribution in [-0.4, -0.2) is 71.4 Å². The van der Waals surface area contributed by atoms with E-state index >= 15 is 0 Å². The minimum Gasteiger partial charge on any atom is -0.477 e. The third kappa shape index (κ3) is 4.60. The number of carbonyl (C=O) groups excluding carboxylic acids is 1. The van der Waals surface area contributed by atoms with E-state index in [2.05, 4.69) is 20.3 Å². The first-order chi connectivity index (χ1) is 13.8. The second-order valence-electron chi connectivity index (χ2n) is 6.65. The van der Waals surface area contributed by atoms with Crippen molar-refractivity contribution in [3.8, 4) is 6.01 Å². The number of carboxylic acids is 1. The second-order valence-corrected chi connectivity index (χ2v) is 7.06. The van der Waals surface area contributed by atoms with Crippen LogP contribution in [0.2, 0.25) is 5.02 Å². The number of methoxy groups -OCH3 is 2. The number of halogens is 1. The Kier molecular flexibility index (Phi) is 6.23. The highest BCUT2D eigenvalue weighted by Gasteiger charge is 2.32. The summed E-state index contributed by atoms with van der Waals surface area (Å²) in [7, 11) is 2.94. The Balaban J connectivity index is 1.73. The number of piperidine rings is 1. The summed E-state index contributed by atoms with van der Waals surface area (Å²) >= 11 is 6.01. The summed E-state index contributed by atoms with van der Waals surface area (Å²) in [5, 5.41) is 12.7. The van der Waals surface area contributed by atoms with Gasteiger partial charge in [-0.3, -0.25) is 4.79 Å². The molecule has 0 saturated carbocycles. The number of amides is 1. The largest absolute Gasteiger partial charge is 0.477 e. The number of anilines is 1. The molecule has 1 amide bonds. The van der Waals surface area contributed by atoms with Crippen LogP contribution < -0.4 is 15.0 Å². The van der Waals surface area contributed by atoms with E-state index in [1.165, 1.54) is 13.2 Å². The number of aryl methyl sites for hydroxylation is 1. The molecule has 3 heterocycles. The maximum Gasteiger partial charge on any atom is 0.354 e. The monoisotopic (exact) mass is 423 g/mol. The van der Waals surface area contributed by atoms with Gasteiger partial charge in [0.1, 0.15) is 11.5 Å². The lowest BCUT2D eigenvalue weighted by Crippen LogP contribution is -2.55. The zero-order chi connectivity index (χ0) is 21.1. The topological polar surface area (TPSA) is 130 Å². The van der Waals surface area contributed by atoms with Crippen molar-refractivity contribution in [1.29, 1.82) is 0 Å². The Morgan fingerprint density at radius 3 is 2.69 bits per heavy atom. The fourth-order valence-corrected chi connectivity index (χ4v) is 3.36. The number of aromatic amines is 1. The molecule has 0 bridgehead atoms. The van der Waals surface area contributed by atoms with E-state index in [1.807, 2.05) is 4.90 Å². The van der Waals surface area contributed by atoms with Crippen LogP contribution in [0.15, 0.2) is 12.1 Å². The summed E-state index contributed by atoms with van der Waals surface area (Å²) in [5.41, 5.74) is 0.952. The molecule has 10 nitrogen and oxygen atoms in total. The number of nitrogens with zero attached hydrogens (tertiary/aromatic N) is 3. The van der Waals surface area contributed by atoms with Crippen LogP contribution in [-0.2, 0) is 4.74 Å². The zero-order valence-corrected chi connectivity index (χ0v) is 17.0. The van der Waals surface area contributed by atoms with Gasteiger partial charge in [-0.05, 0) is 19.4 Å². The number of ether oxygens (including phenoxy) is 2. The maximum atomic E-state index is 12.5. The van der Waals surface area contributed by atoms with Gasteiger partial charge in [-0.25, -0.2) is 4.79 Å². The number of hydrogen-bond donors (Lipinski definition) is 3. The summed E-state index contributed by atoms with van der Waals surface area (Å²) in [6.07, 6.45) is 0.250. The SMILES string of the molecule is COc1nc(C(=O)O)cc(N2CC[C@H](NC(=O)c3cc(Cl)c(C)[nH]3)[C@H](OC)C2)n1. The third-order valence-electron chi connectivity index (χ3n) is 4.79. The van der Waals surface area contributed by atoms with Crippen molar-refractivity contribution >= 4 is 29.3 Å².